The Labute approximate surface area is 276 Å². The van der Waals surface area contributed by atoms with Crippen molar-refractivity contribution in [3.8, 4) is 0 Å². The molecular formula is C34H50N2O11. The van der Waals surface area contributed by atoms with Crippen LogP contribution in [0.1, 0.15) is 36.5 Å². The fourth-order valence-corrected chi connectivity index (χ4v) is 5.71. The van der Waals surface area contributed by atoms with E-state index in [1.807, 2.05) is 43.5 Å². The fourth-order valence-electron chi connectivity index (χ4n) is 5.71. The van der Waals surface area contributed by atoms with Crippen molar-refractivity contribution >= 4 is 22.7 Å². The monoisotopic (exact) mass is 662 g/mol. The number of benzene rings is 1. The average Bonchev–Trinajstić information content (AvgIpc) is 3.46. The molecule has 3 heterocycles. The highest BCUT2D eigenvalue weighted by Crippen LogP contribution is 2.42. The van der Waals surface area contributed by atoms with Gasteiger partial charge in [0, 0.05) is 56.6 Å². The molecule has 0 aliphatic carbocycles. The van der Waals surface area contributed by atoms with Gasteiger partial charge in [-0.05, 0) is 31.1 Å². The molecule has 0 saturated carbocycles. The van der Waals surface area contributed by atoms with E-state index >= 15 is 0 Å². The molecule has 2 aliphatic rings. The Balaban J connectivity index is 1.62. The molecule has 1 aromatic carbocycles. The molecule has 13 nitrogen and oxygen atoms in total. The first kappa shape index (κ1) is 36.9. The van der Waals surface area contributed by atoms with Crippen molar-refractivity contribution < 1.29 is 52.6 Å². The maximum atomic E-state index is 14.1. The standard InChI is InChI=1S/C34H50N2O11/c1-3-46-34-28(8-12-40-16-19-43-15-11-37)29(30-25-36(26(2)38)31-7-5-4-6-27(30)31)24-32(47-34)33(39)35-9-13-41-17-20-44-22-23-45-21-18-42-14-10-35/h4-7,24-25,28-29,34,37H,3,8-23H2,1-2H3/t28-,29-,34+/m0/s1. The maximum Gasteiger partial charge on any atom is 0.288 e. The minimum Gasteiger partial charge on any atom is -0.459 e. The number of nitrogens with zero attached hydrogens (tertiary/aromatic N) is 2. The van der Waals surface area contributed by atoms with Gasteiger partial charge < -0.3 is 47.9 Å². The largest absolute Gasteiger partial charge is 0.459 e. The predicted molar refractivity (Wildman–Crippen MR) is 172 cm³/mol. The second kappa shape index (κ2) is 20.5. The number of carbonyl (C=O) groups excluding carboxylic acids is 2. The van der Waals surface area contributed by atoms with Crippen LogP contribution < -0.4 is 0 Å². The summed E-state index contributed by atoms with van der Waals surface area (Å²) in [6.07, 6.45) is 3.53. The molecule has 0 unspecified atom stereocenters. The zero-order valence-electron chi connectivity index (χ0n) is 27.6. The molecule has 13 heteroatoms. The van der Waals surface area contributed by atoms with E-state index in [2.05, 4.69) is 0 Å². The topological polar surface area (TPSA) is 136 Å². The summed E-state index contributed by atoms with van der Waals surface area (Å²) in [5, 5.41) is 9.85. The number of ether oxygens (including phenoxy) is 8. The van der Waals surface area contributed by atoms with Crippen LogP contribution in [0.5, 0.6) is 0 Å². The summed E-state index contributed by atoms with van der Waals surface area (Å²) in [4.78, 5) is 28.5. The number of hydrogen-bond acceptors (Lipinski definition) is 11. The van der Waals surface area contributed by atoms with Gasteiger partial charge in [-0.1, -0.05) is 18.2 Å². The summed E-state index contributed by atoms with van der Waals surface area (Å²) in [7, 11) is 0. The van der Waals surface area contributed by atoms with Gasteiger partial charge in [0.1, 0.15) is 0 Å². The first-order chi connectivity index (χ1) is 23.0. The lowest BCUT2D eigenvalue weighted by Gasteiger charge is -2.38. The highest BCUT2D eigenvalue weighted by molar-refractivity contribution is 5.95. The molecule has 1 fully saturated rings. The van der Waals surface area contributed by atoms with E-state index in [-0.39, 0.29) is 42.6 Å². The molecule has 2 aliphatic heterocycles. The van der Waals surface area contributed by atoms with Crippen LogP contribution in [0.15, 0.2) is 42.3 Å². The van der Waals surface area contributed by atoms with Crippen molar-refractivity contribution in [2.45, 2.75) is 32.5 Å². The van der Waals surface area contributed by atoms with Crippen LogP contribution in [0.2, 0.25) is 0 Å². The zero-order chi connectivity index (χ0) is 33.3. The normalized spacial score (nSPS) is 22.2. The van der Waals surface area contributed by atoms with Gasteiger partial charge in [0.25, 0.3) is 5.91 Å². The van der Waals surface area contributed by atoms with Crippen LogP contribution in [-0.2, 0) is 42.7 Å². The number of hydrogen-bond donors (Lipinski definition) is 1. The number of aliphatic hydroxyl groups is 1. The van der Waals surface area contributed by atoms with Crippen LogP contribution in [0, 0.1) is 5.92 Å². The molecule has 47 heavy (non-hydrogen) atoms. The van der Waals surface area contributed by atoms with Crippen molar-refractivity contribution in [1.29, 1.82) is 0 Å². The van der Waals surface area contributed by atoms with E-state index in [9.17, 15) is 9.59 Å². The number of carbonyl (C=O) groups is 2. The van der Waals surface area contributed by atoms with E-state index in [4.69, 9.17) is 43.0 Å². The average molecular weight is 663 g/mol. The molecule has 1 aromatic heterocycles. The SMILES string of the molecule is CCO[C@@H]1OC(C(=O)N2CCOCCOCCOCCOCC2)=C[C@H](c2cn(C(C)=O)c3ccccc23)[C@@H]1CCOCCOCCO. The molecule has 0 spiro atoms. The molecule has 3 atom stereocenters. The van der Waals surface area contributed by atoms with E-state index in [0.717, 1.165) is 16.5 Å². The summed E-state index contributed by atoms with van der Waals surface area (Å²) in [5.74, 6) is -0.793. The zero-order valence-corrected chi connectivity index (χ0v) is 27.6. The van der Waals surface area contributed by atoms with Gasteiger partial charge in [0.05, 0.1) is 84.8 Å². The molecule has 2 aromatic rings. The fraction of sp³-hybridized carbons (Fsp3) is 0.647. The third-order valence-corrected chi connectivity index (χ3v) is 7.99. The lowest BCUT2D eigenvalue weighted by molar-refractivity contribution is -0.172. The van der Waals surface area contributed by atoms with Gasteiger partial charge in [-0.3, -0.25) is 14.2 Å². The van der Waals surface area contributed by atoms with Crippen molar-refractivity contribution in [1.82, 2.24) is 9.47 Å². The minimum atomic E-state index is -0.743. The highest BCUT2D eigenvalue weighted by atomic mass is 16.7. The van der Waals surface area contributed by atoms with Gasteiger partial charge in [-0.25, -0.2) is 0 Å². The number of rotatable bonds is 12. The first-order valence-electron chi connectivity index (χ1n) is 16.5. The molecule has 0 bridgehead atoms. The van der Waals surface area contributed by atoms with E-state index in [1.165, 1.54) is 6.92 Å². The molecular weight excluding hydrogens is 612 g/mol. The molecule has 1 saturated heterocycles. The number of fused-ring (bicyclic) bond motifs is 1. The van der Waals surface area contributed by atoms with Crippen LogP contribution in [0.25, 0.3) is 10.9 Å². The van der Waals surface area contributed by atoms with Crippen molar-refractivity contribution in [3.63, 3.8) is 0 Å². The first-order valence-corrected chi connectivity index (χ1v) is 16.5. The Kier molecular flexibility index (Phi) is 16.1. The Morgan fingerprint density at radius 1 is 0.872 bits per heavy atom. The number of para-hydroxylation sites is 1. The van der Waals surface area contributed by atoms with Crippen molar-refractivity contribution in [2.24, 2.45) is 5.92 Å². The number of aliphatic hydroxyl groups excluding tert-OH is 1. The molecule has 0 radical (unpaired) electrons. The van der Waals surface area contributed by atoms with Gasteiger partial charge >= 0.3 is 0 Å². The lowest BCUT2D eigenvalue weighted by Crippen LogP contribution is -2.43. The highest BCUT2D eigenvalue weighted by Gasteiger charge is 2.40. The number of allylic oxidation sites excluding steroid dienone is 1. The van der Waals surface area contributed by atoms with Gasteiger partial charge in [-0.2, -0.15) is 0 Å². The van der Waals surface area contributed by atoms with Crippen molar-refractivity contribution in [3.05, 3.63) is 47.9 Å². The Hall–Kier alpha value is -2.88. The summed E-state index contributed by atoms with van der Waals surface area (Å²) < 4.78 is 47.9. The van der Waals surface area contributed by atoms with Crippen LogP contribution >= 0.6 is 0 Å². The quantitative estimate of drug-likeness (QED) is 0.336. The smallest absolute Gasteiger partial charge is 0.288 e. The summed E-state index contributed by atoms with van der Waals surface area (Å²) >= 11 is 0. The maximum absolute atomic E-state index is 14.1. The number of aromatic nitrogens is 1. The lowest BCUT2D eigenvalue weighted by atomic mass is 9.81. The Bertz CT molecular complexity index is 1250. The Morgan fingerprint density at radius 3 is 2.11 bits per heavy atom. The van der Waals surface area contributed by atoms with Crippen molar-refractivity contribution in [2.75, 3.05) is 106 Å². The molecule has 262 valence electrons. The van der Waals surface area contributed by atoms with E-state index in [0.29, 0.717) is 98.8 Å². The predicted octanol–water partition coefficient (Wildman–Crippen LogP) is 2.60. The van der Waals surface area contributed by atoms with E-state index in [1.54, 1.807) is 9.47 Å². The number of amides is 1. The van der Waals surface area contributed by atoms with Gasteiger partial charge in [0.2, 0.25) is 12.2 Å². The van der Waals surface area contributed by atoms with Crippen LogP contribution in [0.4, 0.5) is 0 Å². The van der Waals surface area contributed by atoms with E-state index < -0.39 is 6.29 Å². The van der Waals surface area contributed by atoms with Gasteiger partial charge in [-0.15, -0.1) is 0 Å². The van der Waals surface area contributed by atoms with Crippen LogP contribution in [0.3, 0.4) is 0 Å². The third kappa shape index (κ3) is 11.1. The summed E-state index contributed by atoms with van der Waals surface area (Å²) in [6, 6.07) is 7.74. The summed E-state index contributed by atoms with van der Waals surface area (Å²) in [6.45, 7) is 9.12. The third-order valence-electron chi connectivity index (χ3n) is 7.99. The molecule has 4 rings (SSSR count). The molecule has 1 amide bonds. The molecule has 1 N–H and O–H groups in total. The minimum absolute atomic E-state index is 0.0419. The Morgan fingerprint density at radius 2 is 1.49 bits per heavy atom. The van der Waals surface area contributed by atoms with Gasteiger partial charge in [0.15, 0.2) is 5.76 Å². The second-order valence-corrected chi connectivity index (χ2v) is 11.1. The second-order valence-electron chi connectivity index (χ2n) is 11.1. The summed E-state index contributed by atoms with van der Waals surface area (Å²) in [5.41, 5.74) is 1.69. The van der Waals surface area contributed by atoms with Crippen LogP contribution in [-0.4, -0.2) is 138 Å².